The number of nitrogens with one attached hydrogen (secondary N) is 1. The fourth-order valence-corrected chi connectivity index (χ4v) is 3.17. The lowest BCUT2D eigenvalue weighted by Crippen LogP contribution is -2.12. The molecule has 3 heterocycles. The van der Waals surface area contributed by atoms with Crippen molar-refractivity contribution in [3.63, 3.8) is 0 Å². The molecule has 1 aliphatic carbocycles. The van der Waals surface area contributed by atoms with Crippen molar-refractivity contribution in [1.82, 2.24) is 19.6 Å². The lowest BCUT2D eigenvalue weighted by Gasteiger charge is -2.13. The molecule has 0 aliphatic heterocycles. The summed E-state index contributed by atoms with van der Waals surface area (Å²) >= 11 is 0. The van der Waals surface area contributed by atoms with Crippen LogP contribution >= 0.6 is 0 Å². The highest BCUT2D eigenvalue weighted by Crippen LogP contribution is 2.23. The maximum atomic E-state index is 5.97. The lowest BCUT2D eigenvalue weighted by atomic mass is 10.2. The number of ether oxygens (including phenoxy) is 1. The molecule has 1 N–H and O–H groups in total. The van der Waals surface area contributed by atoms with E-state index in [2.05, 4.69) is 20.4 Å². The highest BCUT2D eigenvalue weighted by atomic mass is 16.5. The van der Waals surface area contributed by atoms with Crippen LogP contribution in [0.4, 0.5) is 5.82 Å². The Balaban J connectivity index is 1.46. The fraction of sp³-hybridized carbons (Fsp3) is 0.389. The van der Waals surface area contributed by atoms with Gasteiger partial charge in [-0.15, -0.1) is 0 Å². The van der Waals surface area contributed by atoms with Crippen LogP contribution in [0.25, 0.3) is 5.52 Å². The minimum Gasteiger partial charge on any atom is -0.474 e. The second kappa shape index (κ2) is 6.47. The van der Waals surface area contributed by atoms with Gasteiger partial charge in [0.25, 0.3) is 0 Å². The van der Waals surface area contributed by atoms with E-state index < -0.39 is 0 Å². The molecule has 0 amide bonds. The fourth-order valence-electron chi connectivity index (χ4n) is 3.17. The van der Waals surface area contributed by atoms with Crippen LogP contribution < -0.4 is 10.1 Å². The van der Waals surface area contributed by atoms with E-state index in [1.807, 2.05) is 35.8 Å². The number of rotatable bonds is 5. The predicted octanol–water partition coefficient (Wildman–Crippen LogP) is 3.37. The molecule has 3 aromatic heterocycles. The second-order valence-electron chi connectivity index (χ2n) is 6.27. The quantitative estimate of drug-likeness (QED) is 0.780. The molecule has 0 spiro atoms. The molecular formula is C18H21N5O. The molecule has 0 atom stereocenters. The number of anilines is 1. The first-order valence-electron chi connectivity index (χ1n) is 8.44. The summed E-state index contributed by atoms with van der Waals surface area (Å²) in [5, 5.41) is 7.79. The van der Waals surface area contributed by atoms with Gasteiger partial charge in [0.05, 0.1) is 5.69 Å². The summed E-state index contributed by atoms with van der Waals surface area (Å²) in [4.78, 5) is 8.75. The molecule has 0 radical (unpaired) electrons. The molecule has 0 bridgehead atoms. The lowest BCUT2D eigenvalue weighted by molar-refractivity contribution is 0.201. The average Bonchev–Trinajstić information content (AvgIpc) is 3.22. The first kappa shape index (κ1) is 14.9. The Morgan fingerprint density at radius 3 is 2.96 bits per heavy atom. The van der Waals surface area contributed by atoms with E-state index in [4.69, 9.17) is 4.74 Å². The van der Waals surface area contributed by atoms with E-state index in [0.29, 0.717) is 18.5 Å². The van der Waals surface area contributed by atoms with Crippen LogP contribution in [0, 0.1) is 6.92 Å². The van der Waals surface area contributed by atoms with E-state index >= 15 is 0 Å². The second-order valence-corrected chi connectivity index (χ2v) is 6.27. The summed E-state index contributed by atoms with van der Waals surface area (Å²) < 4.78 is 7.81. The minimum absolute atomic E-state index is 0.325. The van der Waals surface area contributed by atoms with Gasteiger partial charge < -0.3 is 10.1 Å². The molecule has 4 rings (SSSR count). The third-order valence-corrected chi connectivity index (χ3v) is 4.36. The van der Waals surface area contributed by atoms with Gasteiger partial charge in [-0.2, -0.15) is 5.10 Å². The summed E-state index contributed by atoms with van der Waals surface area (Å²) in [6.45, 7) is 2.65. The largest absolute Gasteiger partial charge is 0.474 e. The maximum absolute atomic E-state index is 5.97. The van der Waals surface area contributed by atoms with Crippen LogP contribution in [0.2, 0.25) is 0 Å². The summed E-state index contributed by atoms with van der Waals surface area (Å²) in [6, 6.07) is 6.03. The molecule has 124 valence electrons. The van der Waals surface area contributed by atoms with Crippen LogP contribution in [0.5, 0.6) is 5.88 Å². The zero-order valence-electron chi connectivity index (χ0n) is 13.8. The van der Waals surface area contributed by atoms with Gasteiger partial charge in [-0.3, -0.25) is 0 Å². The van der Waals surface area contributed by atoms with E-state index in [-0.39, 0.29) is 0 Å². The van der Waals surface area contributed by atoms with Gasteiger partial charge in [-0.25, -0.2) is 14.5 Å². The molecule has 24 heavy (non-hydrogen) atoms. The number of hydrogen-bond acceptors (Lipinski definition) is 5. The highest BCUT2D eigenvalue weighted by molar-refractivity contribution is 5.67. The van der Waals surface area contributed by atoms with Gasteiger partial charge in [-0.05, 0) is 50.3 Å². The number of fused-ring (bicyclic) bond motifs is 1. The van der Waals surface area contributed by atoms with Crippen molar-refractivity contribution in [2.75, 3.05) is 5.32 Å². The van der Waals surface area contributed by atoms with Gasteiger partial charge in [-0.1, -0.05) is 0 Å². The molecule has 0 saturated heterocycles. The normalized spacial score (nSPS) is 15.0. The van der Waals surface area contributed by atoms with E-state index in [9.17, 15) is 0 Å². The Hall–Kier alpha value is -2.63. The van der Waals surface area contributed by atoms with Crippen LogP contribution in [-0.2, 0) is 6.54 Å². The first-order valence-corrected chi connectivity index (χ1v) is 8.44. The third-order valence-electron chi connectivity index (χ3n) is 4.36. The topological polar surface area (TPSA) is 64.3 Å². The van der Waals surface area contributed by atoms with Gasteiger partial charge in [0.15, 0.2) is 5.82 Å². The molecule has 3 aromatic rings. The van der Waals surface area contributed by atoms with E-state index in [1.165, 1.54) is 12.8 Å². The zero-order valence-corrected chi connectivity index (χ0v) is 13.8. The molecule has 0 unspecified atom stereocenters. The van der Waals surface area contributed by atoms with Crippen molar-refractivity contribution in [2.24, 2.45) is 0 Å². The van der Waals surface area contributed by atoms with E-state index in [1.54, 1.807) is 12.4 Å². The molecule has 6 heteroatoms. The van der Waals surface area contributed by atoms with Crippen molar-refractivity contribution in [1.29, 1.82) is 0 Å². The minimum atomic E-state index is 0.325. The van der Waals surface area contributed by atoms with Crippen LogP contribution in [0.1, 0.15) is 36.9 Å². The third kappa shape index (κ3) is 3.18. The summed E-state index contributed by atoms with van der Waals surface area (Å²) in [6.07, 6.45) is 10.5. The Morgan fingerprint density at radius 2 is 2.08 bits per heavy atom. The number of nitrogens with zero attached hydrogens (tertiary/aromatic N) is 4. The standard InChI is InChI=1S/C18H21N5O/c1-13-10-16-18(20-8-9-23(16)22-13)21-12-14-6-7-19-17(11-14)24-15-4-2-3-5-15/h6-11,15H,2-5,12H2,1H3,(H,20,21). The Bertz CT molecular complexity index is 838. The Kier molecular flexibility index (Phi) is 4.02. The summed E-state index contributed by atoms with van der Waals surface area (Å²) in [5.74, 6) is 1.54. The average molecular weight is 323 g/mol. The number of aryl methyl sites for hydroxylation is 1. The molecule has 1 fully saturated rings. The zero-order chi connectivity index (χ0) is 16.4. The monoisotopic (exact) mass is 323 g/mol. The molecule has 6 nitrogen and oxygen atoms in total. The number of hydrogen-bond donors (Lipinski definition) is 1. The van der Waals surface area contributed by atoms with Gasteiger partial charge >= 0.3 is 0 Å². The van der Waals surface area contributed by atoms with Crippen LogP contribution in [-0.4, -0.2) is 25.7 Å². The molecular weight excluding hydrogens is 302 g/mol. The first-order chi connectivity index (χ1) is 11.8. The van der Waals surface area contributed by atoms with Gasteiger partial charge in [0.1, 0.15) is 11.6 Å². The smallest absolute Gasteiger partial charge is 0.213 e. The summed E-state index contributed by atoms with van der Waals surface area (Å²) in [5.41, 5.74) is 3.08. The van der Waals surface area contributed by atoms with Crippen LogP contribution in [0.3, 0.4) is 0 Å². The van der Waals surface area contributed by atoms with Crippen molar-refractivity contribution in [2.45, 2.75) is 45.3 Å². The predicted molar refractivity (Wildman–Crippen MR) is 92.2 cm³/mol. The van der Waals surface area contributed by atoms with Crippen molar-refractivity contribution in [3.05, 3.63) is 48.0 Å². The number of aromatic nitrogens is 4. The highest BCUT2D eigenvalue weighted by Gasteiger charge is 2.17. The van der Waals surface area contributed by atoms with Crippen molar-refractivity contribution in [3.8, 4) is 5.88 Å². The molecule has 1 aliphatic rings. The van der Waals surface area contributed by atoms with Crippen molar-refractivity contribution < 1.29 is 4.74 Å². The van der Waals surface area contributed by atoms with Crippen molar-refractivity contribution >= 4 is 11.3 Å². The summed E-state index contributed by atoms with van der Waals surface area (Å²) in [7, 11) is 0. The molecule has 1 saturated carbocycles. The Labute approximate surface area is 140 Å². The van der Waals surface area contributed by atoms with Gasteiger partial charge in [0.2, 0.25) is 5.88 Å². The maximum Gasteiger partial charge on any atom is 0.213 e. The molecule has 0 aromatic carbocycles. The van der Waals surface area contributed by atoms with Gasteiger partial charge in [0, 0.05) is 31.2 Å². The van der Waals surface area contributed by atoms with E-state index in [0.717, 1.165) is 35.4 Å². The number of pyridine rings is 1. The Morgan fingerprint density at radius 1 is 1.21 bits per heavy atom. The SMILES string of the molecule is Cc1cc2c(NCc3ccnc(OC4CCCC4)c3)nccn2n1. The van der Waals surface area contributed by atoms with Crippen LogP contribution in [0.15, 0.2) is 36.8 Å².